The zero-order valence-electron chi connectivity index (χ0n) is 10.1. The molecule has 0 rings (SSSR count). The lowest BCUT2D eigenvalue weighted by Gasteiger charge is -1.99. The fourth-order valence-electron chi connectivity index (χ4n) is 0.497. The first-order chi connectivity index (χ1) is 7.99. The van der Waals surface area contributed by atoms with E-state index in [2.05, 4.69) is 24.5 Å². The van der Waals surface area contributed by atoms with Gasteiger partial charge in [-0.15, -0.1) is 0 Å². The molecule has 0 aliphatic heterocycles. The molecule has 0 aromatic rings. The van der Waals surface area contributed by atoms with Crippen LogP contribution in [0.5, 0.6) is 0 Å². The number of aliphatic hydroxyl groups is 2. The Labute approximate surface area is 102 Å². The second-order valence-electron chi connectivity index (χ2n) is 2.88. The van der Waals surface area contributed by atoms with E-state index in [1.54, 1.807) is 6.92 Å². The molecule has 0 aromatic carbocycles. The second-order valence-corrected chi connectivity index (χ2v) is 2.88. The van der Waals surface area contributed by atoms with Gasteiger partial charge in [-0.25, -0.2) is 4.79 Å². The van der Waals surface area contributed by atoms with Crippen LogP contribution in [0.3, 0.4) is 0 Å². The number of rotatable bonds is 7. The van der Waals surface area contributed by atoms with Gasteiger partial charge < -0.3 is 19.7 Å². The lowest BCUT2D eigenvalue weighted by Crippen LogP contribution is -2.08. The molecule has 0 spiro atoms. The Morgan fingerprint density at radius 1 is 1.18 bits per heavy atom. The summed E-state index contributed by atoms with van der Waals surface area (Å²) in [6.45, 7) is 12.0. The van der Waals surface area contributed by atoms with Gasteiger partial charge in [0.05, 0.1) is 13.2 Å². The van der Waals surface area contributed by atoms with Gasteiger partial charge in [0.25, 0.3) is 0 Å². The summed E-state index contributed by atoms with van der Waals surface area (Å²) in [5, 5.41) is 16.4. The summed E-state index contributed by atoms with van der Waals surface area (Å²) in [5.74, 6) is 0.0445. The molecule has 0 aliphatic carbocycles. The third kappa shape index (κ3) is 14.4. The smallest absolute Gasteiger partial charge is 0.333 e. The highest BCUT2D eigenvalue weighted by atomic mass is 16.5. The molecule has 0 fully saturated rings. The predicted octanol–water partition coefficient (Wildman–Crippen LogP) is 0.793. The number of hydrogen-bond acceptors (Lipinski definition) is 5. The second kappa shape index (κ2) is 12.5. The van der Waals surface area contributed by atoms with Crippen molar-refractivity contribution in [2.75, 3.05) is 26.4 Å². The minimum absolute atomic E-state index is 0.0207. The molecular weight excluding hydrogens is 224 g/mol. The third-order valence-electron chi connectivity index (χ3n) is 1.28. The van der Waals surface area contributed by atoms with Gasteiger partial charge in [-0.2, -0.15) is 0 Å². The molecule has 2 N–H and O–H groups in total. The van der Waals surface area contributed by atoms with Crippen LogP contribution in [0.4, 0.5) is 0 Å². The first kappa shape index (κ1) is 17.8. The Bertz CT molecular complexity index is 258. The Kier molecular flexibility index (Phi) is 13.1. The molecule has 0 heterocycles. The Balaban J connectivity index is 0. The topological polar surface area (TPSA) is 76.0 Å². The van der Waals surface area contributed by atoms with Crippen LogP contribution in [0.1, 0.15) is 6.92 Å². The van der Waals surface area contributed by atoms with Crippen LogP contribution in [0.25, 0.3) is 0 Å². The number of esters is 1. The maximum Gasteiger partial charge on any atom is 0.333 e. The summed E-state index contributed by atoms with van der Waals surface area (Å²) in [6, 6.07) is 0. The zero-order valence-corrected chi connectivity index (χ0v) is 10.1. The maximum atomic E-state index is 10.5. The maximum absolute atomic E-state index is 10.5. The van der Waals surface area contributed by atoms with E-state index in [4.69, 9.17) is 14.9 Å². The number of allylic oxidation sites excluding steroid dienone is 1. The van der Waals surface area contributed by atoms with Crippen LogP contribution in [-0.2, 0) is 14.3 Å². The first-order valence-electron chi connectivity index (χ1n) is 4.98. The van der Waals surface area contributed by atoms with E-state index in [-0.39, 0.29) is 19.8 Å². The number of carbonyl (C=O) groups is 1. The normalized spacial score (nSPS) is 8.41. The summed E-state index contributed by atoms with van der Waals surface area (Å²) in [7, 11) is 0. The summed E-state index contributed by atoms with van der Waals surface area (Å²) >= 11 is 0. The molecule has 0 saturated heterocycles. The van der Waals surface area contributed by atoms with Crippen molar-refractivity contribution < 1.29 is 24.5 Å². The fraction of sp³-hybridized carbons (Fsp3) is 0.417. The van der Waals surface area contributed by atoms with Crippen molar-refractivity contribution in [1.29, 1.82) is 0 Å². The van der Waals surface area contributed by atoms with Crippen LogP contribution < -0.4 is 0 Å². The van der Waals surface area contributed by atoms with Crippen LogP contribution in [0, 0.1) is 0 Å². The van der Waals surface area contributed by atoms with Crippen molar-refractivity contribution in [2.24, 2.45) is 0 Å². The van der Waals surface area contributed by atoms with Crippen molar-refractivity contribution >= 4 is 5.97 Å². The van der Waals surface area contributed by atoms with Crippen LogP contribution >= 0.6 is 0 Å². The molecule has 0 unspecified atom stereocenters. The molecule has 0 aromatic heterocycles. The Hall–Kier alpha value is -1.59. The fourth-order valence-corrected chi connectivity index (χ4v) is 0.497. The van der Waals surface area contributed by atoms with E-state index in [1.807, 2.05) is 0 Å². The minimum Gasteiger partial charge on any atom is -0.492 e. The van der Waals surface area contributed by atoms with Crippen molar-refractivity contribution in [3.8, 4) is 0 Å². The number of ether oxygens (including phenoxy) is 2. The van der Waals surface area contributed by atoms with Gasteiger partial charge in [0.15, 0.2) is 0 Å². The largest absolute Gasteiger partial charge is 0.492 e. The van der Waals surface area contributed by atoms with Gasteiger partial charge >= 0.3 is 5.97 Å². The van der Waals surface area contributed by atoms with E-state index in [0.717, 1.165) is 0 Å². The quantitative estimate of drug-likeness (QED) is 0.300. The summed E-state index contributed by atoms with van der Waals surface area (Å²) in [4.78, 5) is 10.5. The molecule has 5 heteroatoms. The molecule has 98 valence electrons. The summed E-state index contributed by atoms with van der Waals surface area (Å²) in [5.41, 5.74) is 0.350. The van der Waals surface area contributed by atoms with Crippen LogP contribution in [0.2, 0.25) is 0 Å². The van der Waals surface area contributed by atoms with Crippen molar-refractivity contribution in [3.05, 3.63) is 37.1 Å². The van der Waals surface area contributed by atoms with E-state index in [0.29, 0.717) is 17.9 Å². The number of hydrogen-bond donors (Lipinski definition) is 2. The van der Waals surface area contributed by atoms with Gasteiger partial charge in [-0.05, 0) is 13.0 Å². The molecular formula is C12H20O5. The predicted molar refractivity (Wildman–Crippen MR) is 65.2 cm³/mol. The van der Waals surface area contributed by atoms with Crippen molar-refractivity contribution in [3.63, 3.8) is 0 Å². The number of carbonyl (C=O) groups excluding carboxylic acids is 1. The van der Waals surface area contributed by atoms with Gasteiger partial charge in [0.2, 0.25) is 0 Å². The highest BCUT2D eigenvalue weighted by Gasteiger charge is 1.99. The SMILES string of the molecule is C=C(C)C(=O)OCCO.C=CC(=C)OCCO. The molecule has 0 amide bonds. The molecule has 17 heavy (non-hydrogen) atoms. The Morgan fingerprint density at radius 2 is 1.65 bits per heavy atom. The lowest BCUT2D eigenvalue weighted by molar-refractivity contribution is -0.139. The minimum atomic E-state index is -0.455. The Morgan fingerprint density at radius 3 is 2.00 bits per heavy atom. The highest BCUT2D eigenvalue weighted by Crippen LogP contribution is 1.91. The van der Waals surface area contributed by atoms with E-state index < -0.39 is 5.97 Å². The molecule has 5 nitrogen and oxygen atoms in total. The third-order valence-corrected chi connectivity index (χ3v) is 1.28. The molecule has 0 saturated carbocycles. The average molecular weight is 244 g/mol. The highest BCUT2D eigenvalue weighted by molar-refractivity contribution is 5.86. The van der Waals surface area contributed by atoms with E-state index in [9.17, 15) is 4.79 Å². The van der Waals surface area contributed by atoms with Crippen LogP contribution in [0.15, 0.2) is 37.1 Å². The molecule has 0 aliphatic rings. The van der Waals surface area contributed by atoms with Gasteiger partial charge in [0.1, 0.15) is 19.0 Å². The monoisotopic (exact) mass is 244 g/mol. The molecule has 0 radical (unpaired) electrons. The van der Waals surface area contributed by atoms with Crippen molar-refractivity contribution in [1.82, 2.24) is 0 Å². The van der Waals surface area contributed by atoms with Crippen LogP contribution in [-0.4, -0.2) is 42.6 Å². The average Bonchev–Trinajstić information content (AvgIpc) is 2.33. The molecule has 0 bridgehead atoms. The van der Waals surface area contributed by atoms with Gasteiger partial charge in [0, 0.05) is 5.57 Å². The van der Waals surface area contributed by atoms with E-state index >= 15 is 0 Å². The standard InChI is InChI=1S/C6H10O3.C6H10O2/c1-5(2)6(8)9-4-3-7;1-3-6(2)8-5-4-7/h7H,1,3-4H2,2H3;3,7H,1-2,4-5H2. The summed E-state index contributed by atoms with van der Waals surface area (Å²) in [6.07, 6.45) is 1.50. The number of aliphatic hydroxyl groups excluding tert-OH is 2. The lowest BCUT2D eigenvalue weighted by atomic mass is 10.4. The zero-order chi connectivity index (χ0) is 13.7. The van der Waals surface area contributed by atoms with E-state index in [1.165, 1.54) is 6.08 Å². The summed E-state index contributed by atoms with van der Waals surface area (Å²) < 4.78 is 9.24. The molecule has 0 atom stereocenters. The van der Waals surface area contributed by atoms with Gasteiger partial charge in [-0.3, -0.25) is 0 Å². The van der Waals surface area contributed by atoms with Crippen molar-refractivity contribution in [2.45, 2.75) is 6.92 Å². The van der Waals surface area contributed by atoms with Gasteiger partial charge in [-0.1, -0.05) is 19.7 Å². The first-order valence-corrected chi connectivity index (χ1v) is 4.98.